The molecule has 1 aliphatic heterocycles. The third-order valence-electron chi connectivity index (χ3n) is 4.91. The van der Waals surface area contributed by atoms with E-state index in [-0.39, 0.29) is 12.3 Å². The molecule has 3 amide bonds. The van der Waals surface area contributed by atoms with Crippen molar-refractivity contribution in [3.63, 3.8) is 0 Å². The van der Waals surface area contributed by atoms with E-state index < -0.39 is 17.5 Å². The Kier molecular flexibility index (Phi) is 5.02. The number of hydrogen-bond acceptors (Lipinski definition) is 5. The van der Waals surface area contributed by atoms with Crippen LogP contribution >= 0.6 is 0 Å². The molecule has 0 unspecified atom stereocenters. The van der Waals surface area contributed by atoms with E-state index in [1.165, 1.54) is 0 Å². The summed E-state index contributed by atoms with van der Waals surface area (Å²) in [7, 11) is 0. The summed E-state index contributed by atoms with van der Waals surface area (Å²) >= 11 is 0. The van der Waals surface area contributed by atoms with E-state index in [0.29, 0.717) is 22.8 Å². The number of ketones is 1. The zero-order valence-electron chi connectivity index (χ0n) is 16.2. The Bertz CT molecular complexity index is 1080. The number of rotatable bonds is 6. The smallest absolute Gasteiger partial charge is 0.325 e. The highest BCUT2D eigenvalue weighted by Crippen LogP contribution is 2.27. The molecule has 1 N–H and O–H groups in total. The average molecular weight is 401 g/mol. The minimum Gasteiger partial charge on any atom is -0.457 e. The van der Waals surface area contributed by atoms with Crippen LogP contribution in [0.1, 0.15) is 23.0 Å². The maximum Gasteiger partial charge on any atom is 0.325 e. The molecule has 1 saturated heterocycles. The second kappa shape index (κ2) is 7.79. The molecule has 7 nitrogen and oxygen atoms in total. The highest BCUT2D eigenvalue weighted by Gasteiger charge is 2.50. The Morgan fingerprint density at radius 2 is 1.63 bits per heavy atom. The number of hydrogen-bond donors (Lipinski definition) is 1. The second-order valence-electron chi connectivity index (χ2n) is 7.02. The molecule has 1 fully saturated rings. The van der Waals surface area contributed by atoms with Gasteiger partial charge in [-0.05, 0) is 55.5 Å². The van der Waals surface area contributed by atoms with E-state index in [2.05, 4.69) is 10.3 Å². The predicted octanol–water partition coefficient (Wildman–Crippen LogP) is 3.52. The number of benzene rings is 2. The predicted molar refractivity (Wildman–Crippen MR) is 109 cm³/mol. The highest BCUT2D eigenvalue weighted by molar-refractivity contribution is 6.11. The summed E-state index contributed by atoms with van der Waals surface area (Å²) in [6.07, 6.45) is 1.55. The van der Waals surface area contributed by atoms with Gasteiger partial charge in [-0.15, -0.1) is 0 Å². The second-order valence-corrected chi connectivity index (χ2v) is 7.02. The van der Waals surface area contributed by atoms with Crippen molar-refractivity contribution in [3.05, 3.63) is 90.3 Å². The van der Waals surface area contributed by atoms with Crippen molar-refractivity contribution < 1.29 is 19.1 Å². The molecule has 2 aromatic carbocycles. The molecule has 0 spiro atoms. The first kappa shape index (κ1) is 19.3. The van der Waals surface area contributed by atoms with Crippen LogP contribution in [0.15, 0.2) is 79.0 Å². The number of carbonyl (C=O) groups excluding carboxylic acids is 3. The molecule has 0 saturated carbocycles. The Morgan fingerprint density at radius 3 is 2.30 bits per heavy atom. The van der Waals surface area contributed by atoms with Gasteiger partial charge in [0, 0.05) is 11.8 Å². The number of pyridine rings is 1. The highest BCUT2D eigenvalue weighted by atomic mass is 16.5. The van der Waals surface area contributed by atoms with E-state index in [1.54, 1.807) is 55.6 Å². The van der Waals surface area contributed by atoms with Gasteiger partial charge in [0.2, 0.25) is 0 Å². The number of ether oxygens (including phenoxy) is 1. The lowest BCUT2D eigenvalue weighted by Gasteiger charge is -2.20. The number of aromatic nitrogens is 1. The molecule has 1 aromatic heterocycles. The normalized spacial score (nSPS) is 18.2. The van der Waals surface area contributed by atoms with Crippen LogP contribution in [0.2, 0.25) is 0 Å². The van der Waals surface area contributed by atoms with Gasteiger partial charge in [0.05, 0.1) is 12.2 Å². The van der Waals surface area contributed by atoms with Gasteiger partial charge in [0.25, 0.3) is 5.91 Å². The lowest BCUT2D eigenvalue weighted by atomic mass is 9.97. The quantitative estimate of drug-likeness (QED) is 0.504. The van der Waals surface area contributed by atoms with Gasteiger partial charge in [0.1, 0.15) is 11.5 Å². The van der Waals surface area contributed by atoms with Gasteiger partial charge in [0.15, 0.2) is 11.3 Å². The molecule has 0 radical (unpaired) electrons. The van der Waals surface area contributed by atoms with Crippen molar-refractivity contribution in [1.29, 1.82) is 0 Å². The van der Waals surface area contributed by atoms with Crippen molar-refractivity contribution in [2.45, 2.75) is 12.5 Å². The van der Waals surface area contributed by atoms with Gasteiger partial charge in [-0.25, -0.2) is 4.79 Å². The minimum atomic E-state index is -1.30. The van der Waals surface area contributed by atoms with Crippen molar-refractivity contribution in [2.24, 2.45) is 0 Å². The lowest BCUT2D eigenvalue weighted by molar-refractivity contribution is -0.130. The third kappa shape index (κ3) is 3.65. The van der Waals surface area contributed by atoms with Crippen molar-refractivity contribution in [3.8, 4) is 11.5 Å². The fraction of sp³-hybridized carbons (Fsp3) is 0.130. The van der Waals surface area contributed by atoms with Crippen LogP contribution in [0.25, 0.3) is 0 Å². The molecule has 30 heavy (non-hydrogen) atoms. The molecule has 3 aromatic rings. The van der Waals surface area contributed by atoms with Crippen molar-refractivity contribution in [1.82, 2.24) is 15.2 Å². The zero-order valence-corrected chi connectivity index (χ0v) is 16.2. The minimum absolute atomic E-state index is 0.352. The summed E-state index contributed by atoms with van der Waals surface area (Å²) in [5, 5.41) is 2.64. The molecule has 7 heteroatoms. The fourth-order valence-electron chi connectivity index (χ4n) is 3.24. The van der Waals surface area contributed by atoms with Gasteiger partial charge >= 0.3 is 6.03 Å². The SMILES string of the molecule is C[C@@]1(c2ccccn2)NC(=O)N(CC(=O)c2ccc(Oc3ccccc3)cc2)C1=O. The summed E-state index contributed by atoms with van der Waals surface area (Å²) in [4.78, 5) is 43.1. The van der Waals surface area contributed by atoms with E-state index in [9.17, 15) is 14.4 Å². The number of Topliss-reactive ketones (excluding diaryl/α,β-unsaturated/α-hetero) is 1. The molecule has 0 aliphatic carbocycles. The molecule has 2 heterocycles. The molecular formula is C23H19N3O4. The Hall–Kier alpha value is -4.00. The molecule has 1 aliphatic rings. The Labute approximate surface area is 173 Å². The maximum absolute atomic E-state index is 12.9. The van der Waals surface area contributed by atoms with Crippen LogP contribution in [0.5, 0.6) is 11.5 Å². The summed E-state index contributed by atoms with van der Waals surface area (Å²) in [5.41, 5.74) is -0.505. The van der Waals surface area contributed by atoms with Crippen LogP contribution < -0.4 is 10.1 Å². The van der Waals surface area contributed by atoms with Gasteiger partial charge in [-0.3, -0.25) is 19.5 Å². The largest absolute Gasteiger partial charge is 0.457 e. The van der Waals surface area contributed by atoms with Crippen LogP contribution in [-0.2, 0) is 10.3 Å². The molecule has 0 bridgehead atoms. The summed E-state index contributed by atoms with van der Waals surface area (Å²) < 4.78 is 5.71. The van der Waals surface area contributed by atoms with Crippen LogP contribution in [-0.4, -0.2) is 34.2 Å². The van der Waals surface area contributed by atoms with E-state index in [1.807, 2.05) is 30.3 Å². The number of nitrogens with zero attached hydrogens (tertiary/aromatic N) is 2. The van der Waals surface area contributed by atoms with Crippen LogP contribution in [0, 0.1) is 0 Å². The van der Waals surface area contributed by atoms with E-state index in [0.717, 1.165) is 4.90 Å². The summed E-state index contributed by atoms with van der Waals surface area (Å²) in [6, 6.07) is 20.3. The summed E-state index contributed by atoms with van der Waals surface area (Å²) in [5.74, 6) is 0.402. The van der Waals surface area contributed by atoms with E-state index in [4.69, 9.17) is 4.74 Å². The first-order valence-electron chi connectivity index (χ1n) is 9.39. The van der Waals surface area contributed by atoms with Gasteiger partial charge in [-0.2, -0.15) is 0 Å². The number of imide groups is 1. The van der Waals surface area contributed by atoms with Gasteiger partial charge in [-0.1, -0.05) is 24.3 Å². The average Bonchev–Trinajstić information content (AvgIpc) is 2.99. The standard InChI is InChI=1S/C23H19N3O4/c1-23(20-9-5-6-14-24-20)21(28)26(22(29)25-23)15-19(27)16-10-12-18(13-11-16)30-17-7-3-2-4-8-17/h2-14H,15H2,1H3,(H,25,29)/t23-/m0/s1. The number of carbonyl (C=O) groups is 3. The number of nitrogens with one attached hydrogen (secondary N) is 1. The zero-order chi connectivity index (χ0) is 21.1. The Balaban J connectivity index is 1.46. The number of para-hydroxylation sites is 1. The monoisotopic (exact) mass is 401 g/mol. The number of urea groups is 1. The van der Waals surface area contributed by atoms with Crippen molar-refractivity contribution >= 4 is 17.7 Å². The first-order chi connectivity index (χ1) is 14.5. The van der Waals surface area contributed by atoms with Crippen LogP contribution in [0.3, 0.4) is 0 Å². The van der Waals surface area contributed by atoms with Crippen LogP contribution in [0.4, 0.5) is 4.79 Å². The first-order valence-corrected chi connectivity index (χ1v) is 9.39. The third-order valence-corrected chi connectivity index (χ3v) is 4.91. The van der Waals surface area contributed by atoms with Crippen molar-refractivity contribution in [2.75, 3.05) is 6.54 Å². The molecular weight excluding hydrogens is 382 g/mol. The summed E-state index contributed by atoms with van der Waals surface area (Å²) in [6.45, 7) is 1.22. The fourth-order valence-corrected chi connectivity index (χ4v) is 3.24. The van der Waals surface area contributed by atoms with E-state index >= 15 is 0 Å². The maximum atomic E-state index is 12.9. The number of amides is 3. The topological polar surface area (TPSA) is 88.6 Å². The lowest BCUT2D eigenvalue weighted by Crippen LogP contribution is -2.42. The molecule has 1 atom stereocenters. The van der Waals surface area contributed by atoms with Gasteiger partial charge < -0.3 is 10.1 Å². The molecule has 4 rings (SSSR count). The Morgan fingerprint density at radius 1 is 0.967 bits per heavy atom. The molecule has 150 valence electrons.